The third-order valence-corrected chi connectivity index (χ3v) is 1.84. The van der Waals surface area contributed by atoms with E-state index in [4.69, 9.17) is 34.8 Å². The Bertz CT molecular complexity index is 280. The molecule has 5 heteroatoms. The van der Waals surface area contributed by atoms with Gasteiger partial charge in [-0.25, -0.2) is 4.98 Å². The van der Waals surface area contributed by atoms with Crippen LogP contribution in [0.4, 0.5) is 0 Å². The van der Waals surface area contributed by atoms with Crippen LogP contribution in [0.5, 0.6) is 0 Å². The van der Waals surface area contributed by atoms with Gasteiger partial charge in [0.25, 0.3) is 5.24 Å². The fourth-order valence-corrected chi connectivity index (χ4v) is 1.40. The van der Waals surface area contributed by atoms with Crippen molar-refractivity contribution < 1.29 is 4.79 Å². The van der Waals surface area contributed by atoms with Crippen molar-refractivity contribution in [3.63, 3.8) is 0 Å². The number of hydrogen-bond acceptors (Lipinski definition) is 2. The molecule has 0 saturated heterocycles. The first kappa shape index (κ1) is 8.78. The van der Waals surface area contributed by atoms with E-state index < -0.39 is 5.24 Å². The number of nitrogens with zero attached hydrogens (tertiary/aromatic N) is 1. The molecule has 0 fully saturated rings. The fourth-order valence-electron chi connectivity index (χ4n) is 0.590. The van der Waals surface area contributed by atoms with Crippen LogP contribution in [0.2, 0.25) is 10.2 Å². The van der Waals surface area contributed by atoms with Crippen molar-refractivity contribution in [2.75, 3.05) is 0 Å². The summed E-state index contributed by atoms with van der Waals surface area (Å²) in [5.41, 5.74) is 0.0532. The Morgan fingerprint density at radius 1 is 1.45 bits per heavy atom. The minimum Gasteiger partial charge on any atom is -0.275 e. The molecule has 0 radical (unpaired) electrons. The van der Waals surface area contributed by atoms with E-state index in [1.165, 1.54) is 12.3 Å². The molecule has 1 rings (SSSR count). The maximum atomic E-state index is 10.6. The summed E-state index contributed by atoms with van der Waals surface area (Å²) in [5, 5.41) is -0.462. The van der Waals surface area contributed by atoms with Gasteiger partial charge in [-0.2, -0.15) is 0 Å². The van der Waals surface area contributed by atoms with Crippen LogP contribution in [0.25, 0.3) is 0 Å². The molecule has 0 unspecified atom stereocenters. The maximum Gasteiger partial charge on any atom is 0.257 e. The van der Waals surface area contributed by atoms with Gasteiger partial charge in [0.05, 0.1) is 10.6 Å². The summed E-state index contributed by atoms with van der Waals surface area (Å²) < 4.78 is 0. The molecule has 11 heavy (non-hydrogen) atoms. The van der Waals surface area contributed by atoms with E-state index in [1.54, 1.807) is 0 Å². The first-order chi connectivity index (χ1) is 5.13. The van der Waals surface area contributed by atoms with Gasteiger partial charge in [-0.05, 0) is 17.7 Å². The minimum absolute atomic E-state index is 0.0255. The molecule has 0 aliphatic carbocycles. The highest BCUT2D eigenvalue weighted by atomic mass is 35.5. The molecular weight excluding hydrogens is 208 g/mol. The van der Waals surface area contributed by atoms with Crippen molar-refractivity contribution in [1.82, 2.24) is 4.98 Å². The number of aromatic nitrogens is 1. The van der Waals surface area contributed by atoms with Crippen LogP contribution >= 0.6 is 34.8 Å². The Morgan fingerprint density at radius 2 is 2.09 bits per heavy atom. The normalized spacial score (nSPS) is 9.73. The minimum atomic E-state index is -0.701. The molecule has 2 nitrogen and oxygen atoms in total. The molecule has 0 amide bonds. The molecule has 0 saturated carbocycles. The quantitative estimate of drug-likeness (QED) is 0.527. The van der Waals surface area contributed by atoms with Crippen molar-refractivity contribution in [2.45, 2.75) is 0 Å². The molecule has 0 aliphatic rings. The lowest BCUT2D eigenvalue weighted by atomic mass is 10.3. The van der Waals surface area contributed by atoms with Gasteiger partial charge in [0.15, 0.2) is 0 Å². The van der Waals surface area contributed by atoms with Crippen LogP contribution in [0.3, 0.4) is 0 Å². The van der Waals surface area contributed by atoms with Crippen LogP contribution in [0.1, 0.15) is 10.4 Å². The fraction of sp³-hybridized carbons (Fsp3) is 0. The Balaban J connectivity index is 3.32. The molecule has 0 aromatic carbocycles. The zero-order chi connectivity index (χ0) is 8.43. The average molecular weight is 210 g/mol. The van der Waals surface area contributed by atoms with Crippen molar-refractivity contribution in [2.24, 2.45) is 0 Å². The van der Waals surface area contributed by atoms with Crippen LogP contribution in [0, 0.1) is 0 Å². The van der Waals surface area contributed by atoms with Gasteiger partial charge in [-0.15, -0.1) is 0 Å². The summed E-state index contributed by atoms with van der Waals surface area (Å²) in [7, 11) is 0. The second-order valence-corrected chi connectivity index (χ2v) is 2.84. The molecule has 0 atom stereocenters. The summed E-state index contributed by atoms with van der Waals surface area (Å²) in [5.74, 6) is 0. The first-order valence-electron chi connectivity index (χ1n) is 2.62. The van der Waals surface area contributed by atoms with E-state index in [0.717, 1.165) is 0 Å². The second kappa shape index (κ2) is 3.39. The van der Waals surface area contributed by atoms with Crippen molar-refractivity contribution >= 4 is 40.0 Å². The van der Waals surface area contributed by atoms with Gasteiger partial charge >= 0.3 is 0 Å². The van der Waals surface area contributed by atoms with Gasteiger partial charge in [-0.1, -0.05) is 23.2 Å². The number of rotatable bonds is 1. The van der Waals surface area contributed by atoms with E-state index in [-0.39, 0.29) is 15.7 Å². The molecule has 1 heterocycles. The van der Waals surface area contributed by atoms with Crippen molar-refractivity contribution in [3.05, 3.63) is 28.0 Å². The number of hydrogen-bond donors (Lipinski definition) is 0. The molecule has 0 aliphatic heterocycles. The van der Waals surface area contributed by atoms with E-state index in [2.05, 4.69) is 4.98 Å². The monoisotopic (exact) mass is 209 g/mol. The Labute approximate surface area is 78.1 Å². The smallest absolute Gasteiger partial charge is 0.257 e. The third-order valence-electron chi connectivity index (χ3n) is 1.05. The molecule has 1 aromatic rings. The topological polar surface area (TPSA) is 30.0 Å². The van der Waals surface area contributed by atoms with E-state index in [9.17, 15) is 4.79 Å². The number of carbonyl (C=O) groups excluding carboxylic acids is 1. The third kappa shape index (κ3) is 1.83. The zero-order valence-electron chi connectivity index (χ0n) is 5.14. The van der Waals surface area contributed by atoms with Gasteiger partial charge in [0.2, 0.25) is 0 Å². The standard InChI is InChI=1S/C6H2Cl3NO/c7-3-1-2-10-5(8)4(3)6(9)11/h1-2H. The lowest BCUT2D eigenvalue weighted by Gasteiger charge is -1.97. The summed E-state index contributed by atoms with van der Waals surface area (Å²) >= 11 is 16.3. The SMILES string of the molecule is O=C(Cl)c1c(Cl)ccnc1Cl. The van der Waals surface area contributed by atoms with Gasteiger partial charge in [0, 0.05) is 6.20 Å². The van der Waals surface area contributed by atoms with Crippen LogP contribution in [-0.2, 0) is 0 Å². The number of halogens is 3. The van der Waals surface area contributed by atoms with Crippen molar-refractivity contribution in [1.29, 1.82) is 0 Å². The Morgan fingerprint density at radius 3 is 2.45 bits per heavy atom. The largest absolute Gasteiger partial charge is 0.275 e. The number of pyridine rings is 1. The summed E-state index contributed by atoms with van der Waals surface area (Å²) in [6.45, 7) is 0. The van der Waals surface area contributed by atoms with Gasteiger partial charge in [-0.3, -0.25) is 4.79 Å². The van der Waals surface area contributed by atoms with Gasteiger partial charge in [0.1, 0.15) is 5.15 Å². The predicted octanol–water partition coefficient (Wildman–Crippen LogP) is 2.77. The second-order valence-electron chi connectivity index (χ2n) is 1.73. The van der Waals surface area contributed by atoms with Crippen LogP contribution < -0.4 is 0 Å². The maximum absolute atomic E-state index is 10.6. The summed E-state index contributed by atoms with van der Waals surface area (Å²) in [6, 6.07) is 1.45. The van der Waals surface area contributed by atoms with Crippen LogP contribution in [0.15, 0.2) is 12.3 Å². The molecule has 0 bridgehead atoms. The predicted molar refractivity (Wildman–Crippen MR) is 44.4 cm³/mol. The Hall–Kier alpha value is -0.310. The average Bonchev–Trinajstić information content (AvgIpc) is 1.85. The molecule has 0 spiro atoms. The highest BCUT2D eigenvalue weighted by Crippen LogP contribution is 2.23. The lowest BCUT2D eigenvalue weighted by molar-refractivity contribution is 0.108. The van der Waals surface area contributed by atoms with Crippen molar-refractivity contribution in [3.8, 4) is 0 Å². The van der Waals surface area contributed by atoms with Crippen LogP contribution in [-0.4, -0.2) is 10.2 Å². The van der Waals surface area contributed by atoms with Gasteiger partial charge < -0.3 is 0 Å². The van der Waals surface area contributed by atoms with E-state index >= 15 is 0 Å². The van der Waals surface area contributed by atoms with E-state index in [1.807, 2.05) is 0 Å². The molecule has 58 valence electrons. The number of carbonyl (C=O) groups is 1. The molecule has 0 N–H and O–H groups in total. The molecule has 1 aromatic heterocycles. The summed E-state index contributed by atoms with van der Waals surface area (Å²) in [4.78, 5) is 14.3. The molecular formula is C6H2Cl3NO. The zero-order valence-corrected chi connectivity index (χ0v) is 7.41. The highest BCUT2D eigenvalue weighted by molar-refractivity contribution is 6.69. The first-order valence-corrected chi connectivity index (χ1v) is 3.76. The lowest BCUT2D eigenvalue weighted by Crippen LogP contribution is -1.93. The Kier molecular flexibility index (Phi) is 2.71. The summed E-state index contributed by atoms with van der Waals surface area (Å²) in [6.07, 6.45) is 1.40. The van der Waals surface area contributed by atoms with E-state index in [0.29, 0.717) is 0 Å². The highest BCUT2D eigenvalue weighted by Gasteiger charge is 2.12.